The zero-order valence-electron chi connectivity index (χ0n) is 13.3. The third-order valence-electron chi connectivity index (χ3n) is 4.15. The standard InChI is InChI=1S/C17H17N3OS3/c1-22-12-4-5-13-15(11-12)24-17(18-13)20-8-6-19(7-9-20)16(21)14-3-2-10-23-14/h2-5,10-11H,6-9H2,1H3. The first-order valence-electron chi connectivity index (χ1n) is 7.77. The average molecular weight is 376 g/mol. The summed E-state index contributed by atoms with van der Waals surface area (Å²) in [6.07, 6.45) is 2.09. The Morgan fingerprint density at radius 3 is 2.75 bits per heavy atom. The first-order valence-corrected chi connectivity index (χ1v) is 10.7. The average Bonchev–Trinajstić information content (AvgIpc) is 3.30. The molecule has 7 heteroatoms. The van der Waals surface area contributed by atoms with E-state index in [1.165, 1.54) is 20.9 Å². The van der Waals surface area contributed by atoms with Crippen molar-refractivity contribution in [1.29, 1.82) is 0 Å². The molecule has 4 rings (SSSR count). The number of carbonyl (C=O) groups is 1. The van der Waals surface area contributed by atoms with Gasteiger partial charge in [-0.25, -0.2) is 4.98 Å². The van der Waals surface area contributed by atoms with Crippen LogP contribution in [0.2, 0.25) is 0 Å². The Morgan fingerprint density at radius 1 is 1.21 bits per heavy atom. The molecule has 0 N–H and O–H groups in total. The van der Waals surface area contributed by atoms with Crippen molar-refractivity contribution in [1.82, 2.24) is 9.88 Å². The Balaban J connectivity index is 1.46. The maximum Gasteiger partial charge on any atom is 0.264 e. The first kappa shape index (κ1) is 15.9. The molecule has 0 aliphatic carbocycles. The summed E-state index contributed by atoms with van der Waals surface area (Å²) < 4.78 is 1.23. The molecular formula is C17H17N3OS3. The molecule has 1 saturated heterocycles. The second kappa shape index (κ2) is 6.74. The highest BCUT2D eigenvalue weighted by Gasteiger charge is 2.24. The fraction of sp³-hybridized carbons (Fsp3) is 0.294. The van der Waals surface area contributed by atoms with Crippen molar-refractivity contribution in [3.63, 3.8) is 0 Å². The van der Waals surface area contributed by atoms with E-state index in [0.29, 0.717) is 0 Å². The van der Waals surface area contributed by atoms with E-state index in [1.54, 1.807) is 23.1 Å². The molecule has 1 aliphatic heterocycles. The number of thioether (sulfide) groups is 1. The van der Waals surface area contributed by atoms with Crippen molar-refractivity contribution in [2.45, 2.75) is 4.90 Å². The molecule has 1 aliphatic rings. The van der Waals surface area contributed by atoms with Gasteiger partial charge < -0.3 is 9.80 Å². The summed E-state index contributed by atoms with van der Waals surface area (Å²) in [5.41, 5.74) is 1.06. The highest BCUT2D eigenvalue weighted by Crippen LogP contribution is 2.32. The highest BCUT2D eigenvalue weighted by atomic mass is 32.2. The van der Waals surface area contributed by atoms with Crippen LogP contribution in [0.5, 0.6) is 0 Å². The summed E-state index contributed by atoms with van der Waals surface area (Å²) in [7, 11) is 0. The molecule has 24 heavy (non-hydrogen) atoms. The van der Waals surface area contributed by atoms with E-state index in [9.17, 15) is 4.79 Å². The Labute approximate surface area is 153 Å². The van der Waals surface area contributed by atoms with Gasteiger partial charge >= 0.3 is 0 Å². The van der Waals surface area contributed by atoms with E-state index in [4.69, 9.17) is 4.98 Å². The van der Waals surface area contributed by atoms with Crippen LogP contribution < -0.4 is 4.90 Å². The molecule has 0 unspecified atom stereocenters. The number of piperazine rings is 1. The zero-order chi connectivity index (χ0) is 16.5. The van der Waals surface area contributed by atoms with Crippen molar-refractivity contribution in [3.8, 4) is 0 Å². The number of anilines is 1. The normalized spacial score (nSPS) is 15.2. The van der Waals surface area contributed by atoms with E-state index in [0.717, 1.165) is 41.7 Å². The predicted molar refractivity (Wildman–Crippen MR) is 104 cm³/mol. The molecule has 0 bridgehead atoms. The van der Waals surface area contributed by atoms with Gasteiger partial charge in [-0.15, -0.1) is 23.1 Å². The van der Waals surface area contributed by atoms with Crippen LogP contribution in [0.1, 0.15) is 9.67 Å². The lowest BCUT2D eigenvalue weighted by Gasteiger charge is -2.34. The van der Waals surface area contributed by atoms with Crippen LogP contribution in [-0.2, 0) is 0 Å². The van der Waals surface area contributed by atoms with Crippen molar-refractivity contribution in [2.75, 3.05) is 37.3 Å². The van der Waals surface area contributed by atoms with Gasteiger partial charge in [0.1, 0.15) is 0 Å². The van der Waals surface area contributed by atoms with Gasteiger partial charge in [0, 0.05) is 31.1 Å². The first-order chi connectivity index (χ1) is 11.7. The number of aromatic nitrogens is 1. The second-order valence-corrected chi connectivity index (χ2v) is 8.42. The molecule has 4 nitrogen and oxygen atoms in total. The number of hydrogen-bond donors (Lipinski definition) is 0. The molecule has 0 radical (unpaired) electrons. The SMILES string of the molecule is CSc1ccc2nc(N3CCN(C(=O)c4cccs4)CC3)sc2c1. The summed E-state index contributed by atoms with van der Waals surface area (Å²) >= 11 is 5.00. The van der Waals surface area contributed by atoms with Crippen molar-refractivity contribution in [2.24, 2.45) is 0 Å². The number of benzene rings is 1. The fourth-order valence-electron chi connectivity index (χ4n) is 2.81. The van der Waals surface area contributed by atoms with Gasteiger partial charge in [0.25, 0.3) is 5.91 Å². The second-order valence-electron chi connectivity index (χ2n) is 5.59. The molecule has 1 fully saturated rings. The van der Waals surface area contributed by atoms with Crippen molar-refractivity contribution < 1.29 is 4.79 Å². The minimum Gasteiger partial charge on any atom is -0.345 e. The van der Waals surface area contributed by atoms with Gasteiger partial charge in [-0.1, -0.05) is 17.4 Å². The maximum absolute atomic E-state index is 12.4. The Kier molecular flexibility index (Phi) is 4.47. The van der Waals surface area contributed by atoms with E-state index >= 15 is 0 Å². The maximum atomic E-state index is 12.4. The lowest BCUT2D eigenvalue weighted by atomic mass is 10.3. The highest BCUT2D eigenvalue weighted by molar-refractivity contribution is 7.98. The van der Waals surface area contributed by atoms with Gasteiger partial charge in [-0.05, 0) is 35.9 Å². The summed E-state index contributed by atoms with van der Waals surface area (Å²) in [4.78, 5) is 23.5. The molecule has 0 atom stereocenters. The van der Waals surface area contributed by atoms with Crippen LogP contribution in [0, 0.1) is 0 Å². The van der Waals surface area contributed by atoms with Gasteiger partial charge in [0.05, 0.1) is 15.1 Å². The molecule has 1 amide bonds. The Hall–Kier alpha value is -1.57. The van der Waals surface area contributed by atoms with E-state index in [1.807, 2.05) is 22.4 Å². The molecule has 0 saturated carbocycles. The lowest BCUT2D eigenvalue weighted by Crippen LogP contribution is -2.48. The van der Waals surface area contributed by atoms with Gasteiger partial charge in [-0.3, -0.25) is 4.79 Å². The summed E-state index contributed by atoms with van der Waals surface area (Å²) in [6.45, 7) is 3.18. The van der Waals surface area contributed by atoms with E-state index in [2.05, 4.69) is 29.4 Å². The summed E-state index contributed by atoms with van der Waals surface area (Å²) in [6, 6.07) is 10.2. The van der Waals surface area contributed by atoms with E-state index in [-0.39, 0.29) is 5.91 Å². The molecule has 2 aromatic heterocycles. The minimum atomic E-state index is 0.151. The van der Waals surface area contributed by atoms with Crippen LogP contribution in [0.25, 0.3) is 10.2 Å². The smallest absolute Gasteiger partial charge is 0.264 e. The minimum absolute atomic E-state index is 0.151. The number of carbonyl (C=O) groups excluding carboxylic acids is 1. The molecule has 1 aromatic carbocycles. The molecule has 3 heterocycles. The van der Waals surface area contributed by atoms with Gasteiger partial charge in [-0.2, -0.15) is 0 Å². The van der Waals surface area contributed by atoms with Crippen molar-refractivity contribution in [3.05, 3.63) is 40.6 Å². The molecular weight excluding hydrogens is 358 g/mol. The molecule has 3 aromatic rings. The quantitative estimate of drug-likeness (QED) is 0.647. The number of thiophene rings is 1. The Morgan fingerprint density at radius 2 is 2.04 bits per heavy atom. The summed E-state index contributed by atoms with van der Waals surface area (Å²) in [5.74, 6) is 0.151. The Bertz CT molecular complexity index is 851. The van der Waals surface area contributed by atoms with Crippen LogP contribution >= 0.6 is 34.4 Å². The zero-order valence-corrected chi connectivity index (χ0v) is 15.7. The third kappa shape index (κ3) is 3.03. The van der Waals surface area contributed by atoms with Gasteiger partial charge in [0.2, 0.25) is 0 Å². The third-order valence-corrected chi connectivity index (χ3v) is 6.82. The van der Waals surface area contributed by atoms with Crippen LogP contribution in [0.4, 0.5) is 5.13 Å². The van der Waals surface area contributed by atoms with Crippen molar-refractivity contribution >= 4 is 55.7 Å². The number of amides is 1. The number of fused-ring (bicyclic) bond motifs is 1. The monoisotopic (exact) mass is 375 g/mol. The van der Waals surface area contributed by atoms with Crippen LogP contribution in [-0.4, -0.2) is 48.2 Å². The van der Waals surface area contributed by atoms with Gasteiger partial charge in [0.15, 0.2) is 5.13 Å². The van der Waals surface area contributed by atoms with Crippen LogP contribution in [0.15, 0.2) is 40.6 Å². The predicted octanol–water partition coefficient (Wildman–Crippen LogP) is 4.04. The lowest BCUT2D eigenvalue weighted by molar-refractivity contribution is 0.0751. The largest absolute Gasteiger partial charge is 0.345 e. The molecule has 124 valence electrons. The number of nitrogens with zero attached hydrogens (tertiary/aromatic N) is 3. The van der Waals surface area contributed by atoms with Crippen LogP contribution in [0.3, 0.4) is 0 Å². The van der Waals surface area contributed by atoms with E-state index < -0.39 is 0 Å². The number of rotatable bonds is 3. The molecule has 0 spiro atoms. The number of hydrogen-bond acceptors (Lipinski definition) is 6. The topological polar surface area (TPSA) is 36.4 Å². The summed E-state index contributed by atoms with van der Waals surface area (Å²) in [5, 5.41) is 3.01. The fourth-order valence-corrected chi connectivity index (χ4v) is 5.07. The number of thiazole rings is 1.